The Balaban J connectivity index is 1.63. The van der Waals surface area contributed by atoms with E-state index in [9.17, 15) is 4.79 Å². The number of hydrogen-bond donors (Lipinski definition) is 1. The van der Waals surface area contributed by atoms with Crippen molar-refractivity contribution in [3.05, 3.63) is 40.0 Å². The fraction of sp³-hybridized carbons (Fsp3) is 0.438. The van der Waals surface area contributed by atoms with Gasteiger partial charge in [-0.1, -0.05) is 0 Å². The van der Waals surface area contributed by atoms with Crippen molar-refractivity contribution >= 4 is 23.1 Å². The maximum Gasteiger partial charge on any atom is 0.255 e. The number of nitrogens with zero attached hydrogens (tertiary/aromatic N) is 3. The van der Waals surface area contributed by atoms with Crippen molar-refractivity contribution < 1.29 is 9.53 Å². The van der Waals surface area contributed by atoms with Gasteiger partial charge in [0.25, 0.3) is 5.91 Å². The van der Waals surface area contributed by atoms with Gasteiger partial charge in [0.05, 0.1) is 24.8 Å². The third kappa shape index (κ3) is 3.86. The summed E-state index contributed by atoms with van der Waals surface area (Å²) < 4.78 is 5.27. The van der Waals surface area contributed by atoms with E-state index >= 15 is 0 Å². The minimum atomic E-state index is 0.0101. The highest BCUT2D eigenvalue weighted by molar-refractivity contribution is 7.09. The van der Waals surface area contributed by atoms with E-state index < -0.39 is 0 Å². The average Bonchev–Trinajstić information content (AvgIpc) is 3.02. The molecule has 23 heavy (non-hydrogen) atoms. The maximum atomic E-state index is 12.4. The van der Waals surface area contributed by atoms with E-state index in [1.165, 1.54) is 0 Å². The number of morpholine rings is 1. The largest absolute Gasteiger partial charge is 0.378 e. The number of ether oxygens (including phenoxy) is 1. The zero-order valence-electron chi connectivity index (χ0n) is 13.3. The molecule has 0 saturated carbocycles. The molecule has 1 fully saturated rings. The molecule has 1 amide bonds. The standard InChI is InChI=1S/C16H20N4O2S/c1-11-10-23-15(18-11)12(2)19-14-4-3-13(9-17-14)16(21)20-5-7-22-8-6-20/h3-4,9-10,12H,5-8H2,1-2H3,(H,17,19). The molecule has 1 aliphatic heterocycles. The highest BCUT2D eigenvalue weighted by atomic mass is 32.1. The van der Waals surface area contributed by atoms with Crippen LogP contribution in [0.25, 0.3) is 0 Å². The Labute approximate surface area is 139 Å². The van der Waals surface area contributed by atoms with Crippen LogP contribution in [0.1, 0.15) is 34.0 Å². The second-order valence-corrected chi connectivity index (χ2v) is 6.42. The summed E-state index contributed by atoms with van der Waals surface area (Å²) in [7, 11) is 0. The molecule has 6 nitrogen and oxygen atoms in total. The van der Waals surface area contributed by atoms with Gasteiger partial charge in [-0.05, 0) is 26.0 Å². The van der Waals surface area contributed by atoms with Crippen molar-refractivity contribution in [2.24, 2.45) is 0 Å². The van der Waals surface area contributed by atoms with Crippen LogP contribution in [0.2, 0.25) is 0 Å². The predicted octanol–water partition coefficient (Wildman–Crippen LogP) is 2.49. The van der Waals surface area contributed by atoms with E-state index in [0.717, 1.165) is 16.5 Å². The number of nitrogens with one attached hydrogen (secondary N) is 1. The molecule has 1 unspecified atom stereocenters. The molecule has 122 valence electrons. The molecule has 0 bridgehead atoms. The lowest BCUT2D eigenvalue weighted by atomic mass is 10.2. The Bertz CT molecular complexity index is 665. The van der Waals surface area contributed by atoms with Crippen LogP contribution in [0.5, 0.6) is 0 Å². The Morgan fingerprint density at radius 3 is 2.78 bits per heavy atom. The molecular formula is C16H20N4O2S. The second-order valence-electron chi connectivity index (χ2n) is 5.53. The molecule has 0 aliphatic carbocycles. The Kier molecular flexibility index (Phi) is 4.88. The summed E-state index contributed by atoms with van der Waals surface area (Å²) in [5.74, 6) is 0.750. The van der Waals surface area contributed by atoms with Crippen LogP contribution in [0, 0.1) is 6.92 Å². The minimum Gasteiger partial charge on any atom is -0.378 e. The zero-order valence-corrected chi connectivity index (χ0v) is 14.1. The van der Waals surface area contributed by atoms with E-state index in [4.69, 9.17) is 4.74 Å². The molecule has 3 rings (SSSR count). The number of aromatic nitrogens is 2. The fourth-order valence-electron chi connectivity index (χ4n) is 2.41. The summed E-state index contributed by atoms with van der Waals surface area (Å²) in [5, 5.41) is 6.37. The van der Waals surface area contributed by atoms with Gasteiger partial charge in [-0.25, -0.2) is 9.97 Å². The zero-order chi connectivity index (χ0) is 16.2. The number of carbonyl (C=O) groups excluding carboxylic acids is 1. The third-order valence-electron chi connectivity index (χ3n) is 3.68. The van der Waals surface area contributed by atoms with Crippen LogP contribution in [0.4, 0.5) is 5.82 Å². The first-order chi connectivity index (χ1) is 11.1. The first-order valence-electron chi connectivity index (χ1n) is 7.65. The number of amides is 1. The molecule has 0 spiro atoms. The van der Waals surface area contributed by atoms with Crippen LogP contribution < -0.4 is 5.32 Å². The number of thiazole rings is 1. The van der Waals surface area contributed by atoms with Gasteiger partial charge >= 0.3 is 0 Å². The van der Waals surface area contributed by atoms with E-state index in [2.05, 4.69) is 15.3 Å². The second kappa shape index (κ2) is 7.06. The van der Waals surface area contributed by atoms with Gasteiger partial charge in [0.1, 0.15) is 10.8 Å². The first-order valence-corrected chi connectivity index (χ1v) is 8.53. The monoisotopic (exact) mass is 332 g/mol. The molecule has 0 radical (unpaired) electrons. The number of hydrogen-bond acceptors (Lipinski definition) is 6. The SMILES string of the molecule is Cc1csc(C(C)Nc2ccc(C(=O)N3CCOCC3)cn2)n1. The number of rotatable bonds is 4. The predicted molar refractivity (Wildman–Crippen MR) is 89.8 cm³/mol. The van der Waals surface area contributed by atoms with E-state index in [1.54, 1.807) is 22.4 Å². The Hall–Kier alpha value is -1.99. The van der Waals surface area contributed by atoms with Gasteiger partial charge in [0.15, 0.2) is 0 Å². The van der Waals surface area contributed by atoms with Crippen molar-refractivity contribution in [1.29, 1.82) is 0 Å². The fourth-order valence-corrected chi connectivity index (χ4v) is 3.21. The molecular weight excluding hydrogens is 312 g/mol. The van der Waals surface area contributed by atoms with Crippen LogP contribution in [0.15, 0.2) is 23.7 Å². The van der Waals surface area contributed by atoms with E-state index in [0.29, 0.717) is 31.9 Å². The quantitative estimate of drug-likeness (QED) is 0.932. The topological polar surface area (TPSA) is 67.4 Å². The lowest BCUT2D eigenvalue weighted by Gasteiger charge is -2.26. The van der Waals surface area contributed by atoms with Gasteiger partial charge in [0.2, 0.25) is 0 Å². The Morgan fingerprint density at radius 1 is 1.39 bits per heavy atom. The molecule has 1 atom stereocenters. The third-order valence-corrected chi connectivity index (χ3v) is 4.83. The molecule has 2 aromatic heterocycles. The van der Waals surface area contributed by atoms with E-state index in [-0.39, 0.29) is 11.9 Å². The molecule has 3 heterocycles. The van der Waals surface area contributed by atoms with Gasteiger partial charge in [-0.2, -0.15) is 0 Å². The summed E-state index contributed by atoms with van der Waals surface area (Å²) in [4.78, 5) is 23.0. The van der Waals surface area contributed by atoms with E-state index in [1.807, 2.05) is 31.4 Å². The minimum absolute atomic E-state index is 0.0101. The molecule has 0 aromatic carbocycles. The molecule has 1 saturated heterocycles. The number of anilines is 1. The maximum absolute atomic E-state index is 12.4. The van der Waals surface area contributed by atoms with Crippen molar-refractivity contribution in [2.45, 2.75) is 19.9 Å². The van der Waals surface area contributed by atoms with Crippen molar-refractivity contribution in [2.75, 3.05) is 31.6 Å². The van der Waals surface area contributed by atoms with Crippen LogP contribution in [-0.4, -0.2) is 47.1 Å². The number of pyridine rings is 1. The van der Waals surface area contributed by atoms with Crippen LogP contribution >= 0.6 is 11.3 Å². The lowest BCUT2D eigenvalue weighted by molar-refractivity contribution is 0.0302. The average molecular weight is 332 g/mol. The number of aryl methyl sites for hydroxylation is 1. The lowest BCUT2D eigenvalue weighted by Crippen LogP contribution is -2.40. The highest BCUT2D eigenvalue weighted by Gasteiger charge is 2.19. The van der Waals surface area contributed by atoms with Crippen molar-refractivity contribution in [1.82, 2.24) is 14.9 Å². The normalized spacial score (nSPS) is 16.2. The van der Waals surface area contributed by atoms with Crippen molar-refractivity contribution in [3.63, 3.8) is 0 Å². The summed E-state index contributed by atoms with van der Waals surface area (Å²) in [6.07, 6.45) is 1.62. The van der Waals surface area contributed by atoms with Crippen LogP contribution in [0.3, 0.4) is 0 Å². The molecule has 1 aliphatic rings. The smallest absolute Gasteiger partial charge is 0.255 e. The van der Waals surface area contributed by atoms with Gasteiger partial charge in [0, 0.05) is 30.4 Å². The van der Waals surface area contributed by atoms with Crippen LogP contribution in [-0.2, 0) is 4.74 Å². The van der Waals surface area contributed by atoms with Crippen molar-refractivity contribution in [3.8, 4) is 0 Å². The van der Waals surface area contributed by atoms with Gasteiger partial charge in [-0.15, -0.1) is 11.3 Å². The first kappa shape index (κ1) is 15.9. The van der Waals surface area contributed by atoms with Gasteiger partial charge < -0.3 is 15.0 Å². The highest BCUT2D eigenvalue weighted by Crippen LogP contribution is 2.21. The molecule has 2 aromatic rings. The summed E-state index contributed by atoms with van der Waals surface area (Å²) in [5.41, 5.74) is 1.63. The summed E-state index contributed by atoms with van der Waals surface area (Å²) in [6, 6.07) is 3.74. The molecule has 1 N–H and O–H groups in total. The van der Waals surface area contributed by atoms with Gasteiger partial charge in [-0.3, -0.25) is 4.79 Å². The summed E-state index contributed by atoms with van der Waals surface area (Å²) in [6.45, 7) is 6.51. The Morgan fingerprint density at radius 2 is 2.17 bits per heavy atom. The molecule has 7 heteroatoms. The number of carbonyl (C=O) groups is 1. The summed E-state index contributed by atoms with van der Waals surface area (Å²) >= 11 is 1.63.